The molecule has 7 heteroatoms. The normalized spacial score (nSPS) is 10.7. The van der Waals surface area contributed by atoms with Gasteiger partial charge >= 0.3 is 0 Å². The molecular formula is C19H16ClFN2O3. The molecule has 0 aliphatic carbocycles. The van der Waals surface area contributed by atoms with Crippen LogP contribution in [-0.2, 0) is 6.42 Å². The van der Waals surface area contributed by atoms with E-state index in [4.69, 9.17) is 16.3 Å². The van der Waals surface area contributed by atoms with Crippen LogP contribution in [-0.4, -0.2) is 24.5 Å². The molecule has 0 aliphatic rings. The van der Waals surface area contributed by atoms with E-state index in [2.05, 4.69) is 10.3 Å². The number of ether oxygens (including phenoxy) is 1. The molecule has 0 bridgehead atoms. The van der Waals surface area contributed by atoms with Gasteiger partial charge in [-0.2, -0.15) is 0 Å². The average molecular weight is 375 g/mol. The van der Waals surface area contributed by atoms with Crippen molar-refractivity contribution in [2.24, 2.45) is 0 Å². The number of aromatic nitrogens is 1. The summed E-state index contributed by atoms with van der Waals surface area (Å²) in [5.41, 5.74) is 0.737. The minimum absolute atomic E-state index is 0.0417. The number of nitrogens with one attached hydrogen (secondary N) is 2. The first-order valence-corrected chi connectivity index (χ1v) is 8.29. The number of carbonyl (C=O) groups excluding carboxylic acids is 1. The molecule has 0 unspecified atom stereocenters. The predicted molar refractivity (Wildman–Crippen MR) is 98.6 cm³/mol. The Morgan fingerprint density at radius 3 is 2.81 bits per heavy atom. The Hall–Kier alpha value is -2.86. The highest BCUT2D eigenvalue weighted by molar-refractivity contribution is 6.33. The van der Waals surface area contributed by atoms with E-state index in [0.29, 0.717) is 23.3 Å². The fraction of sp³-hybridized carbons (Fsp3) is 0.158. The maximum absolute atomic E-state index is 13.7. The van der Waals surface area contributed by atoms with Crippen molar-refractivity contribution in [2.45, 2.75) is 6.42 Å². The Bertz CT molecular complexity index is 1010. The van der Waals surface area contributed by atoms with Crippen LogP contribution in [0.15, 0.2) is 47.3 Å². The fourth-order valence-corrected chi connectivity index (χ4v) is 2.90. The first-order valence-electron chi connectivity index (χ1n) is 7.92. The van der Waals surface area contributed by atoms with Gasteiger partial charge in [0.1, 0.15) is 11.6 Å². The summed E-state index contributed by atoms with van der Waals surface area (Å²) in [4.78, 5) is 27.1. The number of hydrogen-bond donors (Lipinski definition) is 2. The number of rotatable bonds is 5. The minimum atomic E-state index is -0.688. The van der Waals surface area contributed by atoms with E-state index in [1.165, 1.54) is 18.2 Å². The second-order valence-corrected chi connectivity index (χ2v) is 6.09. The van der Waals surface area contributed by atoms with Gasteiger partial charge in [0.05, 0.1) is 23.2 Å². The SMILES string of the molecule is COc1ccc2cc(CCNC(=O)c3c(F)cccc3Cl)c(=O)[nH]c2c1. The lowest BCUT2D eigenvalue weighted by Crippen LogP contribution is -2.28. The molecule has 134 valence electrons. The first kappa shape index (κ1) is 17.9. The van der Waals surface area contributed by atoms with E-state index in [1.807, 2.05) is 6.07 Å². The second kappa shape index (κ2) is 7.58. The maximum Gasteiger partial charge on any atom is 0.255 e. The Kier molecular flexibility index (Phi) is 5.23. The van der Waals surface area contributed by atoms with Gasteiger partial charge in [-0.3, -0.25) is 9.59 Å². The smallest absolute Gasteiger partial charge is 0.255 e. The third kappa shape index (κ3) is 3.70. The fourth-order valence-electron chi connectivity index (χ4n) is 2.65. The van der Waals surface area contributed by atoms with Gasteiger partial charge < -0.3 is 15.0 Å². The Labute approximate surface area is 153 Å². The number of halogens is 2. The maximum atomic E-state index is 13.7. The van der Waals surface area contributed by atoms with Crippen LogP contribution in [0.25, 0.3) is 10.9 Å². The number of fused-ring (bicyclic) bond motifs is 1. The molecule has 0 spiro atoms. The molecule has 1 aromatic heterocycles. The van der Waals surface area contributed by atoms with Gasteiger partial charge in [-0.15, -0.1) is 0 Å². The van der Waals surface area contributed by atoms with Crippen LogP contribution in [0, 0.1) is 5.82 Å². The van der Waals surface area contributed by atoms with Crippen molar-refractivity contribution in [3.05, 3.63) is 74.8 Å². The molecule has 2 N–H and O–H groups in total. The summed E-state index contributed by atoms with van der Waals surface area (Å²) in [5, 5.41) is 3.48. The number of benzene rings is 2. The molecule has 0 saturated heterocycles. The van der Waals surface area contributed by atoms with E-state index in [0.717, 1.165) is 5.39 Å². The molecule has 26 heavy (non-hydrogen) atoms. The summed E-state index contributed by atoms with van der Waals surface area (Å²) >= 11 is 5.87. The number of pyridine rings is 1. The highest BCUT2D eigenvalue weighted by Gasteiger charge is 2.15. The second-order valence-electron chi connectivity index (χ2n) is 5.68. The number of aromatic amines is 1. The molecule has 0 radical (unpaired) electrons. The van der Waals surface area contributed by atoms with E-state index >= 15 is 0 Å². The molecule has 1 amide bonds. The van der Waals surface area contributed by atoms with Crippen LogP contribution in [0.1, 0.15) is 15.9 Å². The first-order chi connectivity index (χ1) is 12.5. The Morgan fingerprint density at radius 1 is 1.27 bits per heavy atom. The average Bonchev–Trinajstić information content (AvgIpc) is 2.61. The molecule has 0 atom stereocenters. The molecule has 1 heterocycles. The van der Waals surface area contributed by atoms with Crippen LogP contribution in [0.5, 0.6) is 5.75 Å². The van der Waals surface area contributed by atoms with Crippen molar-refractivity contribution in [1.29, 1.82) is 0 Å². The van der Waals surface area contributed by atoms with Crippen molar-refractivity contribution < 1.29 is 13.9 Å². The monoisotopic (exact) mass is 374 g/mol. The Balaban J connectivity index is 1.73. The van der Waals surface area contributed by atoms with Crippen LogP contribution >= 0.6 is 11.6 Å². The lowest BCUT2D eigenvalue weighted by molar-refractivity contribution is 0.0950. The van der Waals surface area contributed by atoms with Gasteiger partial charge in [0.15, 0.2) is 0 Å². The molecule has 0 fully saturated rings. The van der Waals surface area contributed by atoms with Crippen molar-refractivity contribution in [3.63, 3.8) is 0 Å². The third-order valence-electron chi connectivity index (χ3n) is 4.00. The van der Waals surface area contributed by atoms with Crippen LogP contribution in [0.2, 0.25) is 5.02 Å². The van der Waals surface area contributed by atoms with Gasteiger partial charge in [-0.25, -0.2) is 4.39 Å². The van der Waals surface area contributed by atoms with Crippen molar-refractivity contribution in [3.8, 4) is 5.75 Å². The summed E-state index contributed by atoms with van der Waals surface area (Å²) in [6.07, 6.45) is 0.301. The third-order valence-corrected chi connectivity index (χ3v) is 4.31. The molecule has 3 rings (SSSR count). The zero-order valence-electron chi connectivity index (χ0n) is 13.9. The summed E-state index contributed by atoms with van der Waals surface area (Å²) in [7, 11) is 1.55. The zero-order valence-corrected chi connectivity index (χ0v) is 14.7. The summed E-state index contributed by atoms with van der Waals surface area (Å²) in [6.45, 7) is 0.175. The topological polar surface area (TPSA) is 71.2 Å². The van der Waals surface area contributed by atoms with Crippen molar-refractivity contribution in [1.82, 2.24) is 10.3 Å². The zero-order chi connectivity index (χ0) is 18.7. The Morgan fingerprint density at radius 2 is 2.08 bits per heavy atom. The largest absolute Gasteiger partial charge is 0.497 e. The molecule has 0 aliphatic heterocycles. The molecule has 5 nitrogen and oxygen atoms in total. The lowest BCUT2D eigenvalue weighted by atomic mass is 10.1. The van der Waals surface area contributed by atoms with Gasteiger partial charge in [-0.05, 0) is 42.1 Å². The quantitative estimate of drug-likeness (QED) is 0.719. The van der Waals surface area contributed by atoms with Crippen LogP contribution in [0.3, 0.4) is 0 Å². The van der Waals surface area contributed by atoms with Crippen molar-refractivity contribution >= 4 is 28.4 Å². The van der Waals surface area contributed by atoms with Crippen LogP contribution < -0.4 is 15.6 Å². The lowest BCUT2D eigenvalue weighted by Gasteiger charge is -2.08. The van der Waals surface area contributed by atoms with Gasteiger partial charge in [-0.1, -0.05) is 17.7 Å². The van der Waals surface area contributed by atoms with Gasteiger partial charge in [0.2, 0.25) is 0 Å². The molecule has 2 aromatic carbocycles. The number of amides is 1. The summed E-state index contributed by atoms with van der Waals surface area (Å²) in [5.74, 6) is -0.655. The van der Waals surface area contributed by atoms with Gasteiger partial charge in [0, 0.05) is 18.2 Å². The highest BCUT2D eigenvalue weighted by atomic mass is 35.5. The highest BCUT2D eigenvalue weighted by Crippen LogP contribution is 2.19. The van der Waals surface area contributed by atoms with Gasteiger partial charge in [0.25, 0.3) is 11.5 Å². The van der Waals surface area contributed by atoms with Crippen LogP contribution in [0.4, 0.5) is 4.39 Å². The minimum Gasteiger partial charge on any atom is -0.497 e. The molecular weight excluding hydrogens is 359 g/mol. The van der Waals surface area contributed by atoms with E-state index in [-0.39, 0.29) is 22.7 Å². The standard InChI is InChI=1S/C19H16ClFN2O3/c1-26-13-6-5-11-9-12(18(24)23-16(11)10-13)7-8-22-19(25)17-14(20)3-2-4-15(17)21/h2-6,9-10H,7-8H2,1H3,(H,22,25)(H,23,24). The van der Waals surface area contributed by atoms with E-state index < -0.39 is 11.7 Å². The number of carbonyl (C=O) groups is 1. The molecule has 0 saturated carbocycles. The summed E-state index contributed by atoms with van der Waals surface area (Å²) < 4.78 is 18.9. The van der Waals surface area contributed by atoms with Crippen molar-refractivity contribution in [2.75, 3.05) is 13.7 Å². The number of methoxy groups -OCH3 is 1. The van der Waals surface area contributed by atoms with E-state index in [1.54, 1.807) is 25.3 Å². The van der Waals surface area contributed by atoms with E-state index in [9.17, 15) is 14.0 Å². The number of H-pyrrole nitrogens is 1. The molecule has 3 aromatic rings. The predicted octanol–water partition coefficient (Wildman–Crippen LogP) is 3.30. The number of hydrogen-bond acceptors (Lipinski definition) is 3. The summed E-state index contributed by atoms with van der Waals surface area (Å²) in [6, 6.07) is 11.2.